The maximum absolute atomic E-state index is 3.90. The van der Waals surface area contributed by atoms with Gasteiger partial charge in [-0.05, 0) is 0 Å². The zero-order chi connectivity index (χ0) is 5.98. The van der Waals surface area contributed by atoms with Crippen molar-refractivity contribution in [2.75, 3.05) is 14.1 Å². The third kappa shape index (κ3) is 0.776. The van der Waals surface area contributed by atoms with Crippen LogP contribution < -0.4 is 0 Å². The van der Waals surface area contributed by atoms with Crippen molar-refractivity contribution in [3.8, 4) is 0 Å². The summed E-state index contributed by atoms with van der Waals surface area (Å²) in [6, 6.07) is 0. The van der Waals surface area contributed by atoms with E-state index >= 15 is 0 Å². The standard InChI is InChI=1S/C4H8N4/c1-7-5-3-4-6-8(7)2/h3-4H,1-2H3. The molecule has 44 valence electrons. The van der Waals surface area contributed by atoms with E-state index in [1.807, 2.05) is 14.1 Å². The smallest absolute Gasteiger partial charge is 0.0692 e. The second-order valence-corrected chi connectivity index (χ2v) is 1.51. The lowest BCUT2D eigenvalue weighted by atomic mass is 10.8. The largest absolute Gasteiger partial charge is 0.193 e. The van der Waals surface area contributed by atoms with Crippen LogP contribution in [-0.4, -0.2) is 36.8 Å². The number of hydrazone groups is 2. The van der Waals surface area contributed by atoms with Crippen LogP contribution in [0.5, 0.6) is 0 Å². The summed E-state index contributed by atoms with van der Waals surface area (Å²) in [4.78, 5) is 0. The van der Waals surface area contributed by atoms with Gasteiger partial charge in [0.1, 0.15) is 0 Å². The Kier molecular flexibility index (Phi) is 1.15. The van der Waals surface area contributed by atoms with Gasteiger partial charge < -0.3 is 0 Å². The topological polar surface area (TPSA) is 31.2 Å². The van der Waals surface area contributed by atoms with Crippen LogP contribution in [0.4, 0.5) is 0 Å². The van der Waals surface area contributed by atoms with E-state index in [9.17, 15) is 0 Å². The molecule has 0 fully saturated rings. The molecule has 1 aliphatic rings. The Hall–Kier alpha value is -1.06. The van der Waals surface area contributed by atoms with E-state index in [1.54, 1.807) is 22.7 Å². The van der Waals surface area contributed by atoms with Gasteiger partial charge in [0.25, 0.3) is 0 Å². The molecule has 0 amide bonds. The summed E-state index contributed by atoms with van der Waals surface area (Å²) >= 11 is 0. The van der Waals surface area contributed by atoms with E-state index in [4.69, 9.17) is 0 Å². The lowest BCUT2D eigenvalue weighted by molar-refractivity contribution is 0.0323. The van der Waals surface area contributed by atoms with Gasteiger partial charge in [0.05, 0.1) is 12.4 Å². The zero-order valence-electron chi connectivity index (χ0n) is 4.94. The van der Waals surface area contributed by atoms with Gasteiger partial charge in [-0.1, -0.05) is 0 Å². The molecular weight excluding hydrogens is 104 g/mol. The fraction of sp³-hybridized carbons (Fsp3) is 0.500. The first-order chi connectivity index (χ1) is 3.80. The molecular formula is C4H8N4. The first kappa shape index (κ1) is 5.08. The molecule has 0 unspecified atom stereocenters. The van der Waals surface area contributed by atoms with Gasteiger partial charge in [-0.2, -0.15) is 20.4 Å². The van der Waals surface area contributed by atoms with E-state index in [0.29, 0.717) is 0 Å². The third-order valence-electron chi connectivity index (χ3n) is 0.953. The highest BCUT2D eigenvalue weighted by Crippen LogP contribution is 1.92. The molecule has 0 bridgehead atoms. The summed E-state index contributed by atoms with van der Waals surface area (Å²) in [5.74, 6) is 0. The molecule has 0 aromatic heterocycles. The van der Waals surface area contributed by atoms with E-state index in [1.165, 1.54) is 0 Å². The van der Waals surface area contributed by atoms with Gasteiger partial charge in [-0.3, -0.25) is 0 Å². The van der Waals surface area contributed by atoms with Crippen molar-refractivity contribution in [1.82, 2.24) is 10.2 Å². The summed E-state index contributed by atoms with van der Waals surface area (Å²) < 4.78 is 0. The van der Waals surface area contributed by atoms with Crippen molar-refractivity contribution in [3.63, 3.8) is 0 Å². The van der Waals surface area contributed by atoms with Crippen LogP contribution in [0.2, 0.25) is 0 Å². The van der Waals surface area contributed by atoms with Gasteiger partial charge in [0.15, 0.2) is 0 Å². The van der Waals surface area contributed by atoms with Gasteiger partial charge in [0.2, 0.25) is 0 Å². The Bertz CT molecular complexity index is 112. The third-order valence-corrected chi connectivity index (χ3v) is 0.953. The van der Waals surface area contributed by atoms with E-state index in [2.05, 4.69) is 10.2 Å². The first-order valence-corrected chi connectivity index (χ1v) is 2.34. The second-order valence-electron chi connectivity index (χ2n) is 1.51. The molecule has 0 aromatic carbocycles. The highest BCUT2D eigenvalue weighted by atomic mass is 15.9. The van der Waals surface area contributed by atoms with Crippen LogP contribution >= 0.6 is 0 Å². The van der Waals surface area contributed by atoms with E-state index in [-0.39, 0.29) is 0 Å². The van der Waals surface area contributed by atoms with Crippen molar-refractivity contribution < 1.29 is 0 Å². The summed E-state index contributed by atoms with van der Waals surface area (Å²) in [6.45, 7) is 0. The van der Waals surface area contributed by atoms with Crippen LogP contribution in [0.1, 0.15) is 0 Å². The molecule has 0 saturated heterocycles. The fourth-order valence-corrected chi connectivity index (χ4v) is 0.402. The lowest BCUT2D eigenvalue weighted by Gasteiger charge is -2.23. The minimum absolute atomic E-state index is 1.64. The SMILES string of the molecule is CN1N=CC=NN1C. The Morgan fingerprint density at radius 1 is 1.00 bits per heavy atom. The number of nitrogens with zero attached hydrogens (tertiary/aromatic N) is 4. The Morgan fingerprint density at radius 2 is 1.38 bits per heavy atom. The van der Waals surface area contributed by atoms with E-state index < -0.39 is 0 Å². The normalized spacial score (nSPS) is 17.8. The maximum atomic E-state index is 3.90. The summed E-state index contributed by atoms with van der Waals surface area (Å²) in [6.07, 6.45) is 3.28. The van der Waals surface area contributed by atoms with Crippen LogP contribution in [0.25, 0.3) is 0 Å². The monoisotopic (exact) mass is 112 g/mol. The Morgan fingerprint density at radius 3 is 1.62 bits per heavy atom. The average molecular weight is 112 g/mol. The molecule has 0 N–H and O–H groups in total. The van der Waals surface area contributed by atoms with Crippen molar-refractivity contribution in [1.29, 1.82) is 0 Å². The number of hydrazine groups is 1. The molecule has 8 heavy (non-hydrogen) atoms. The van der Waals surface area contributed by atoms with E-state index in [0.717, 1.165) is 0 Å². The molecule has 1 aliphatic heterocycles. The maximum Gasteiger partial charge on any atom is 0.0692 e. The minimum Gasteiger partial charge on any atom is -0.193 e. The average Bonchev–Trinajstić information content (AvgIpc) is 1.77. The molecule has 4 nitrogen and oxygen atoms in total. The minimum atomic E-state index is 1.64. The van der Waals surface area contributed by atoms with Gasteiger partial charge in [-0.15, -0.1) is 0 Å². The molecule has 0 aliphatic carbocycles. The zero-order valence-corrected chi connectivity index (χ0v) is 4.94. The Labute approximate surface area is 48.0 Å². The highest BCUT2D eigenvalue weighted by Gasteiger charge is 1.97. The van der Waals surface area contributed by atoms with Gasteiger partial charge in [0, 0.05) is 14.1 Å². The van der Waals surface area contributed by atoms with Crippen LogP contribution in [0, 0.1) is 0 Å². The molecule has 0 radical (unpaired) electrons. The van der Waals surface area contributed by atoms with Crippen molar-refractivity contribution in [3.05, 3.63) is 0 Å². The number of hydrogen-bond donors (Lipinski definition) is 0. The van der Waals surface area contributed by atoms with Gasteiger partial charge >= 0.3 is 0 Å². The predicted octanol–water partition coefficient (Wildman–Crippen LogP) is -0.250. The first-order valence-electron chi connectivity index (χ1n) is 2.34. The Balaban J connectivity index is 2.59. The number of hydrogen-bond acceptors (Lipinski definition) is 4. The van der Waals surface area contributed by atoms with Crippen LogP contribution in [0.15, 0.2) is 10.2 Å². The fourth-order valence-electron chi connectivity index (χ4n) is 0.402. The van der Waals surface area contributed by atoms with Gasteiger partial charge in [-0.25, -0.2) is 0 Å². The molecule has 0 atom stereocenters. The highest BCUT2D eigenvalue weighted by molar-refractivity contribution is 6.16. The molecule has 0 saturated carbocycles. The predicted molar refractivity (Wildman–Crippen MR) is 32.5 cm³/mol. The van der Waals surface area contributed by atoms with Crippen molar-refractivity contribution in [2.24, 2.45) is 10.2 Å². The molecule has 1 heterocycles. The quantitative estimate of drug-likeness (QED) is 0.432. The second kappa shape index (κ2) is 1.81. The molecule has 0 spiro atoms. The summed E-state index contributed by atoms with van der Waals surface area (Å²) in [7, 11) is 3.65. The lowest BCUT2D eigenvalue weighted by Crippen LogP contribution is -2.30. The molecule has 4 heteroatoms. The van der Waals surface area contributed by atoms with Crippen LogP contribution in [0.3, 0.4) is 0 Å². The molecule has 1 rings (SSSR count). The summed E-state index contributed by atoms with van der Waals surface area (Å²) in [5, 5.41) is 11.1. The molecule has 0 aromatic rings. The van der Waals surface area contributed by atoms with Crippen molar-refractivity contribution >= 4 is 12.4 Å². The van der Waals surface area contributed by atoms with Crippen LogP contribution in [-0.2, 0) is 0 Å². The van der Waals surface area contributed by atoms with Crippen molar-refractivity contribution in [2.45, 2.75) is 0 Å². The number of rotatable bonds is 0. The summed E-state index contributed by atoms with van der Waals surface area (Å²) in [5.41, 5.74) is 0.